The van der Waals surface area contributed by atoms with Crippen molar-refractivity contribution in [3.63, 3.8) is 0 Å². The lowest BCUT2D eigenvalue weighted by Crippen LogP contribution is -2.09. The first-order chi connectivity index (χ1) is 5.65. The molecule has 9 N–H and O–H groups in total. The van der Waals surface area contributed by atoms with E-state index in [1.165, 1.54) is 0 Å². The van der Waals surface area contributed by atoms with Gasteiger partial charge in [-0.2, -0.15) is 9.97 Å². The maximum Gasteiger partial charge on any atom is 0.224 e. The molecular weight excluding hydrogens is 176 g/mol. The molecule has 1 aromatic heterocycles. The third-order valence-electron chi connectivity index (χ3n) is 1.19. The van der Waals surface area contributed by atoms with E-state index >= 15 is 0 Å². The molecule has 8 nitrogen and oxygen atoms in total. The Balaban J connectivity index is 0.00000144. The smallest absolute Gasteiger partial charge is 0.224 e. The minimum absolute atomic E-state index is 0. The SMILES string of the molecule is Nc1nc(N)c(NC=O)c(N)n1.O. The number of carbonyl (C=O) groups excluding carboxylic acids is 1. The van der Waals surface area contributed by atoms with Crippen molar-refractivity contribution < 1.29 is 10.3 Å². The lowest BCUT2D eigenvalue weighted by molar-refractivity contribution is -0.105. The molecule has 8 heteroatoms. The summed E-state index contributed by atoms with van der Waals surface area (Å²) in [6.07, 6.45) is 0.432. The summed E-state index contributed by atoms with van der Waals surface area (Å²) in [5.74, 6) is 0.0700. The van der Waals surface area contributed by atoms with Crippen molar-refractivity contribution in [2.24, 2.45) is 0 Å². The zero-order valence-electron chi connectivity index (χ0n) is 6.61. The molecule has 0 atom stereocenters. The molecule has 0 aliphatic rings. The largest absolute Gasteiger partial charge is 0.412 e. The van der Waals surface area contributed by atoms with Crippen LogP contribution in [0.15, 0.2) is 0 Å². The van der Waals surface area contributed by atoms with E-state index in [2.05, 4.69) is 15.3 Å². The van der Waals surface area contributed by atoms with Gasteiger partial charge in [-0.25, -0.2) is 0 Å². The Kier molecular flexibility index (Phi) is 3.41. The highest BCUT2D eigenvalue weighted by Crippen LogP contribution is 2.21. The number of rotatable bonds is 2. The summed E-state index contributed by atoms with van der Waals surface area (Å²) >= 11 is 0. The monoisotopic (exact) mass is 186 g/mol. The van der Waals surface area contributed by atoms with Crippen molar-refractivity contribution in [3.05, 3.63) is 0 Å². The first-order valence-electron chi connectivity index (χ1n) is 3.03. The molecule has 72 valence electrons. The third kappa shape index (κ3) is 2.17. The summed E-state index contributed by atoms with van der Waals surface area (Å²) in [6, 6.07) is 0. The number of hydrogen-bond donors (Lipinski definition) is 4. The Morgan fingerprint density at radius 1 is 1.15 bits per heavy atom. The van der Waals surface area contributed by atoms with Crippen molar-refractivity contribution in [2.75, 3.05) is 22.5 Å². The van der Waals surface area contributed by atoms with Crippen LogP contribution in [0.2, 0.25) is 0 Å². The molecule has 0 aromatic carbocycles. The van der Waals surface area contributed by atoms with Crippen LogP contribution in [0.5, 0.6) is 0 Å². The van der Waals surface area contributed by atoms with Crippen LogP contribution in [0.3, 0.4) is 0 Å². The van der Waals surface area contributed by atoms with E-state index in [1.54, 1.807) is 0 Å². The van der Waals surface area contributed by atoms with Gasteiger partial charge in [0.05, 0.1) is 0 Å². The zero-order valence-corrected chi connectivity index (χ0v) is 6.61. The van der Waals surface area contributed by atoms with Crippen LogP contribution in [0.25, 0.3) is 0 Å². The van der Waals surface area contributed by atoms with Crippen LogP contribution in [-0.4, -0.2) is 21.9 Å². The van der Waals surface area contributed by atoms with Gasteiger partial charge in [-0.3, -0.25) is 4.79 Å². The molecule has 0 saturated heterocycles. The second-order valence-electron chi connectivity index (χ2n) is 1.99. The van der Waals surface area contributed by atoms with E-state index < -0.39 is 0 Å². The fourth-order valence-electron chi connectivity index (χ4n) is 0.722. The van der Waals surface area contributed by atoms with Crippen molar-refractivity contribution in [3.8, 4) is 0 Å². The van der Waals surface area contributed by atoms with Gasteiger partial charge in [0.1, 0.15) is 5.69 Å². The minimum Gasteiger partial charge on any atom is -0.412 e. The quantitative estimate of drug-likeness (QED) is 0.388. The molecule has 1 rings (SSSR count). The Bertz CT molecular complexity index is 291. The highest BCUT2D eigenvalue weighted by atomic mass is 16.1. The van der Waals surface area contributed by atoms with E-state index in [0.29, 0.717) is 6.41 Å². The number of carbonyl (C=O) groups is 1. The molecule has 0 aliphatic heterocycles. The van der Waals surface area contributed by atoms with Gasteiger partial charge in [-0.05, 0) is 0 Å². The van der Waals surface area contributed by atoms with Gasteiger partial charge in [-0.15, -0.1) is 0 Å². The normalized spacial score (nSPS) is 8.62. The summed E-state index contributed by atoms with van der Waals surface area (Å²) in [5.41, 5.74) is 16.2. The highest BCUT2D eigenvalue weighted by molar-refractivity contribution is 5.85. The van der Waals surface area contributed by atoms with Crippen molar-refractivity contribution >= 4 is 29.7 Å². The van der Waals surface area contributed by atoms with Gasteiger partial charge in [-0.1, -0.05) is 0 Å². The summed E-state index contributed by atoms with van der Waals surface area (Å²) in [5, 5.41) is 2.26. The molecule has 0 unspecified atom stereocenters. The molecule has 0 bridgehead atoms. The van der Waals surface area contributed by atoms with Gasteiger partial charge >= 0.3 is 0 Å². The topological polar surface area (TPSA) is 164 Å². The average molecular weight is 186 g/mol. The van der Waals surface area contributed by atoms with E-state index in [9.17, 15) is 4.79 Å². The lowest BCUT2D eigenvalue weighted by atomic mass is 10.4. The Morgan fingerprint density at radius 2 is 1.62 bits per heavy atom. The minimum atomic E-state index is -0.0264. The highest BCUT2D eigenvalue weighted by Gasteiger charge is 2.06. The van der Waals surface area contributed by atoms with Gasteiger partial charge in [0.2, 0.25) is 12.4 Å². The van der Waals surface area contributed by atoms with Crippen LogP contribution in [-0.2, 0) is 4.79 Å². The molecule has 1 amide bonds. The van der Waals surface area contributed by atoms with Gasteiger partial charge in [0.15, 0.2) is 11.6 Å². The molecule has 0 spiro atoms. The second-order valence-corrected chi connectivity index (χ2v) is 1.99. The van der Waals surface area contributed by atoms with Crippen molar-refractivity contribution in [2.45, 2.75) is 0 Å². The Morgan fingerprint density at radius 3 is 2.00 bits per heavy atom. The molecule has 13 heavy (non-hydrogen) atoms. The van der Waals surface area contributed by atoms with E-state index in [4.69, 9.17) is 17.2 Å². The third-order valence-corrected chi connectivity index (χ3v) is 1.19. The van der Waals surface area contributed by atoms with Crippen LogP contribution in [0.4, 0.5) is 23.3 Å². The van der Waals surface area contributed by atoms with Gasteiger partial charge in [0, 0.05) is 0 Å². The van der Waals surface area contributed by atoms with Crippen LogP contribution in [0.1, 0.15) is 0 Å². The Hall–Kier alpha value is -2.09. The van der Waals surface area contributed by atoms with Crippen LogP contribution >= 0.6 is 0 Å². The Labute approximate surface area is 73.4 Å². The summed E-state index contributed by atoms with van der Waals surface area (Å²) in [6.45, 7) is 0. The maximum atomic E-state index is 10.1. The van der Waals surface area contributed by atoms with Crippen molar-refractivity contribution in [1.82, 2.24) is 9.97 Å². The molecule has 1 heterocycles. The number of nitrogen functional groups attached to an aromatic ring is 3. The number of nitrogens with one attached hydrogen (secondary N) is 1. The summed E-state index contributed by atoms with van der Waals surface area (Å²) < 4.78 is 0. The fraction of sp³-hybridized carbons (Fsp3) is 0. The number of aromatic nitrogens is 2. The number of anilines is 4. The van der Waals surface area contributed by atoms with E-state index in [1.807, 2.05) is 0 Å². The number of hydrogen-bond acceptors (Lipinski definition) is 6. The van der Waals surface area contributed by atoms with Crippen LogP contribution < -0.4 is 22.5 Å². The average Bonchev–Trinajstić information content (AvgIpc) is 1.96. The molecule has 1 aromatic rings. The molecule has 0 aliphatic carbocycles. The summed E-state index contributed by atoms with van der Waals surface area (Å²) in [4.78, 5) is 17.2. The number of amides is 1. The maximum absolute atomic E-state index is 10.1. The van der Waals surface area contributed by atoms with Crippen LogP contribution in [0, 0.1) is 0 Å². The lowest BCUT2D eigenvalue weighted by Gasteiger charge is -2.05. The fourth-order valence-corrected chi connectivity index (χ4v) is 0.722. The molecule has 0 saturated carbocycles. The first kappa shape index (κ1) is 10.9. The number of nitrogens with two attached hydrogens (primary N) is 3. The first-order valence-corrected chi connectivity index (χ1v) is 3.03. The summed E-state index contributed by atoms with van der Waals surface area (Å²) in [7, 11) is 0. The van der Waals surface area contributed by atoms with Crippen molar-refractivity contribution in [1.29, 1.82) is 0 Å². The van der Waals surface area contributed by atoms with Gasteiger partial charge in [0.25, 0.3) is 0 Å². The number of nitrogens with zero attached hydrogens (tertiary/aromatic N) is 2. The second kappa shape index (κ2) is 4.07. The van der Waals surface area contributed by atoms with E-state index in [-0.39, 0.29) is 28.7 Å². The van der Waals surface area contributed by atoms with E-state index in [0.717, 1.165) is 0 Å². The zero-order chi connectivity index (χ0) is 9.14. The standard InChI is InChI=1S/C5H8N6O.H2O/c6-3-2(9-1-12)4(7)11-5(8)10-3;/h1H,(H,9,12)(H6,6,7,8,10,11);1H2. The van der Waals surface area contributed by atoms with Gasteiger partial charge < -0.3 is 28.0 Å². The molecular formula is C5H10N6O2. The molecule has 0 radical (unpaired) electrons. The predicted octanol–water partition coefficient (Wildman–Crippen LogP) is -2.03. The predicted molar refractivity (Wildman–Crippen MR) is 48.6 cm³/mol. The molecule has 0 fully saturated rings.